The highest BCUT2D eigenvalue weighted by molar-refractivity contribution is 5.77. The number of hydrogen-bond acceptors (Lipinski definition) is 6. The number of ether oxygens (including phenoxy) is 2. The lowest BCUT2D eigenvalue weighted by molar-refractivity contribution is -0.142. The van der Waals surface area contributed by atoms with E-state index in [1.54, 1.807) is 0 Å². The van der Waals surface area contributed by atoms with Gasteiger partial charge in [0.25, 0.3) is 0 Å². The van der Waals surface area contributed by atoms with E-state index in [2.05, 4.69) is 53.1 Å². The quantitative estimate of drug-likeness (QED) is 0.119. The van der Waals surface area contributed by atoms with Gasteiger partial charge in [0.2, 0.25) is 5.91 Å². The molecule has 2 aromatic carbocycles. The number of carbonyl (C=O) groups is 2. The molecule has 7 atom stereocenters. The van der Waals surface area contributed by atoms with Crippen LogP contribution in [0.15, 0.2) is 42.5 Å². The molecule has 7 rings (SSSR count). The van der Waals surface area contributed by atoms with Gasteiger partial charge in [-0.25, -0.2) is 0 Å². The summed E-state index contributed by atoms with van der Waals surface area (Å²) in [6.07, 6.45) is 16.0. The van der Waals surface area contributed by atoms with Gasteiger partial charge in [-0.15, -0.1) is 0 Å². The third-order valence-corrected chi connectivity index (χ3v) is 12.5. The minimum atomic E-state index is -0.338. The molecule has 2 heterocycles. The number of nitrogens with zero attached hydrogens (tertiary/aromatic N) is 2. The number of piperidine rings is 1. The van der Waals surface area contributed by atoms with Crippen LogP contribution < -0.4 is 9.47 Å². The van der Waals surface area contributed by atoms with Crippen LogP contribution in [-0.4, -0.2) is 70.7 Å². The van der Waals surface area contributed by atoms with Crippen molar-refractivity contribution in [2.24, 2.45) is 11.8 Å². The summed E-state index contributed by atoms with van der Waals surface area (Å²) in [6.45, 7) is 6.19. The molecular weight excluding hydrogens is 600 g/mol. The summed E-state index contributed by atoms with van der Waals surface area (Å²) in [5.74, 6) is 2.01. The molecule has 7 heteroatoms. The molecule has 0 radical (unpaired) electrons. The number of likely N-dealkylation sites (N-methyl/N-ethyl adjacent to an activating group) is 1. The molecule has 5 aliphatic rings. The average molecular weight is 657 g/mol. The molecule has 1 spiro atoms. The molecule has 1 N–H and O–H groups in total. The number of unbranched alkanes of at least 4 members (excludes halogenated alkanes) is 7. The van der Waals surface area contributed by atoms with Crippen LogP contribution in [0.2, 0.25) is 0 Å². The standard InChI is InChI=1S/C41H56N2O5/c1-3-43(37(46)18-14-9-7-5-4-6-8-11-15-29-16-12-10-13-17-29)33-21-20-32-34-25-30-19-22-36(47-28(2)44)39-38(30)41(32,40(33)48-39)23-24-42(34)27-31-26-35(31)45/h10,12-13,16-17,19,22,31-35,40,45H,3-9,11,14-15,18,20-21,23-27H2,1-2H3/t31?,32-,33-,34+,35?,40-,41-/m0/s1. The predicted molar refractivity (Wildman–Crippen MR) is 187 cm³/mol. The van der Waals surface area contributed by atoms with E-state index >= 15 is 0 Å². The summed E-state index contributed by atoms with van der Waals surface area (Å²) in [5, 5.41) is 10.2. The van der Waals surface area contributed by atoms with Crippen LogP contribution in [0, 0.1) is 11.8 Å². The molecule has 7 nitrogen and oxygen atoms in total. The lowest BCUT2D eigenvalue weighted by atomic mass is 9.51. The number of aliphatic hydroxyl groups is 1. The summed E-state index contributed by atoms with van der Waals surface area (Å²) in [5.41, 5.74) is 3.82. The van der Waals surface area contributed by atoms with Crippen molar-refractivity contribution in [3.05, 3.63) is 59.2 Å². The summed E-state index contributed by atoms with van der Waals surface area (Å²) in [6, 6.07) is 15.3. The smallest absolute Gasteiger partial charge is 0.308 e. The van der Waals surface area contributed by atoms with Gasteiger partial charge in [0.1, 0.15) is 6.10 Å². The molecule has 1 saturated heterocycles. The first-order valence-corrected chi connectivity index (χ1v) is 19.2. The second-order valence-electron chi connectivity index (χ2n) is 15.4. The molecule has 0 aromatic heterocycles. The minimum absolute atomic E-state index is 0.00983. The molecule has 2 bridgehead atoms. The van der Waals surface area contributed by atoms with Crippen LogP contribution in [0.25, 0.3) is 0 Å². The van der Waals surface area contributed by atoms with E-state index in [0.717, 1.165) is 63.8 Å². The molecule has 260 valence electrons. The summed E-state index contributed by atoms with van der Waals surface area (Å²) in [7, 11) is 0. The molecule has 1 amide bonds. The van der Waals surface area contributed by atoms with E-state index in [1.807, 2.05) is 6.07 Å². The van der Waals surface area contributed by atoms with Gasteiger partial charge < -0.3 is 19.5 Å². The monoisotopic (exact) mass is 656 g/mol. The highest BCUT2D eigenvalue weighted by Gasteiger charge is 2.67. The largest absolute Gasteiger partial charge is 0.483 e. The lowest BCUT2D eigenvalue weighted by Crippen LogP contribution is -2.69. The van der Waals surface area contributed by atoms with Crippen LogP contribution in [0.3, 0.4) is 0 Å². The molecule has 2 aliphatic heterocycles. The van der Waals surface area contributed by atoms with Crippen molar-refractivity contribution in [2.75, 3.05) is 19.6 Å². The van der Waals surface area contributed by atoms with Crippen LogP contribution in [0.1, 0.15) is 114 Å². The summed E-state index contributed by atoms with van der Waals surface area (Å²) in [4.78, 5) is 30.8. The lowest BCUT2D eigenvalue weighted by Gasteiger charge is -2.60. The fourth-order valence-electron chi connectivity index (χ4n) is 10.1. The van der Waals surface area contributed by atoms with E-state index in [-0.39, 0.29) is 35.5 Å². The molecule has 2 aromatic rings. The SMILES string of the molecule is CCN(C(=O)CCCCCCCCCCc1ccccc1)[C@H]1CC[C@H]2[C@H]3Cc4ccc(OC(C)=O)c5c4[C@@]2(CCN3CC2CC2O)[C@H]1O5. The van der Waals surface area contributed by atoms with Crippen molar-refractivity contribution in [1.82, 2.24) is 9.80 Å². The highest BCUT2D eigenvalue weighted by Crippen LogP contribution is 2.64. The summed E-state index contributed by atoms with van der Waals surface area (Å²) >= 11 is 0. The van der Waals surface area contributed by atoms with E-state index in [9.17, 15) is 14.7 Å². The molecule has 2 unspecified atom stereocenters. The van der Waals surface area contributed by atoms with Gasteiger partial charge >= 0.3 is 5.97 Å². The molecule has 3 fully saturated rings. The number of hydrogen-bond donors (Lipinski definition) is 1. The maximum atomic E-state index is 13.9. The van der Waals surface area contributed by atoms with E-state index in [0.29, 0.717) is 36.6 Å². The Bertz CT molecular complexity index is 1450. The van der Waals surface area contributed by atoms with Crippen molar-refractivity contribution < 1.29 is 24.2 Å². The number of carbonyl (C=O) groups excluding carboxylic acids is 2. The fourth-order valence-corrected chi connectivity index (χ4v) is 10.1. The number of amides is 1. The zero-order chi connectivity index (χ0) is 33.3. The van der Waals surface area contributed by atoms with Gasteiger partial charge in [0, 0.05) is 49.4 Å². The van der Waals surface area contributed by atoms with Crippen LogP contribution in [-0.2, 0) is 27.8 Å². The first-order valence-electron chi connectivity index (χ1n) is 19.2. The van der Waals surface area contributed by atoms with Crippen LogP contribution >= 0.6 is 0 Å². The third kappa shape index (κ3) is 6.54. The normalized spacial score (nSPS) is 29.6. The van der Waals surface area contributed by atoms with Gasteiger partial charge in [-0.05, 0) is 87.9 Å². The Hall–Kier alpha value is -2.90. The van der Waals surface area contributed by atoms with Gasteiger partial charge in [0.05, 0.1) is 12.1 Å². The molecule has 3 aliphatic carbocycles. The second kappa shape index (κ2) is 14.5. The van der Waals surface area contributed by atoms with E-state index < -0.39 is 0 Å². The maximum absolute atomic E-state index is 13.9. The van der Waals surface area contributed by atoms with Gasteiger partial charge in [-0.1, -0.05) is 74.9 Å². The number of esters is 1. The average Bonchev–Trinajstić information content (AvgIpc) is 3.66. The number of benzene rings is 2. The Labute approximate surface area is 287 Å². The van der Waals surface area contributed by atoms with Crippen molar-refractivity contribution in [3.63, 3.8) is 0 Å². The van der Waals surface area contributed by atoms with Crippen molar-refractivity contribution in [1.29, 1.82) is 0 Å². The third-order valence-electron chi connectivity index (χ3n) is 12.5. The predicted octanol–water partition coefficient (Wildman–Crippen LogP) is 7.00. The Balaban J connectivity index is 0.970. The zero-order valence-electron chi connectivity index (χ0n) is 29.2. The minimum Gasteiger partial charge on any atom is -0.483 e. The Kier molecular flexibility index (Phi) is 10.2. The number of likely N-dealkylation sites (tertiary alicyclic amines) is 1. The van der Waals surface area contributed by atoms with Crippen molar-refractivity contribution in [2.45, 2.75) is 140 Å². The molecular formula is C41H56N2O5. The zero-order valence-corrected chi connectivity index (χ0v) is 29.2. The van der Waals surface area contributed by atoms with Gasteiger partial charge in [-0.2, -0.15) is 0 Å². The van der Waals surface area contributed by atoms with Crippen molar-refractivity contribution in [3.8, 4) is 11.5 Å². The van der Waals surface area contributed by atoms with Crippen LogP contribution in [0.5, 0.6) is 11.5 Å². The molecule has 2 saturated carbocycles. The van der Waals surface area contributed by atoms with Crippen molar-refractivity contribution >= 4 is 11.9 Å². The summed E-state index contributed by atoms with van der Waals surface area (Å²) < 4.78 is 12.7. The fraction of sp³-hybridized carbons (Fsp3) is 0.659. The number of rotatable bonds is 16. The van der Waals surface area contributed by atoms with Crippen LogP contribution in [0.4, 0.5) is 0 Å². The highest BCUT2D eigenvalue weighted by atomic mass is 16.6. The Morgan fingerprint density at radius 2 is 1.73 bits per heavy atom. The first kappa shape index (κ1) is 33.6. The Morgan fingerprint density at radius 3 is 2.44 bits per heavy atom. The first-order chi connectivity index (χ1) is 23.4. The number of aliphatic hydroxyl groups excluding tert-OH is 1. The maximum Gasteiger partial charge on any atom is 0.308 e. The topological polar surface area (TPSA) is 79.3 Å². The Morgan fingerprint density at radius 1 is 1.00 bits per heavy atom. The van der Waals surface area contributed by atoms with Gasteiger partial charge in [-0.3, -0.25) is 14.5 Å². The van der Waals surface area contributed by atoms with E-state index in [1.165, 1.54) is 68.6 Å². The second-order valence-corrected chi connectivity index (χ2v) is 15.4. The molecule has 48 heavy (non-hydrogen) atoms. The van der Waals surface area contributed by atoms with E-state index in [4.69, 9.17) is 9.47 Å². The van der Waals surface area contributed by atoms with Gasteiger partial charge in [0.15, 0.2) is 11.5 Å². The number of aryl methyl sites for hydroxylation is 1.